The molecule has 0 bridgehead atoms. The predicted molar refractivity (Wildman–Crippen MR) is 68.2 cm³/mol. The molecule has 0 N–H and O–H groups in total. The Kier molecular flexibility index (Phi) is 3.25. The Morgan fingerprint density at radius 1 is 1.25 bits per heavy atom. The van der Waals surface area contributed by atoms with Gasteiger partial charge in [-0.25, -0.2) is 4.98 Å². The van der Waals surface area contributed by atoms with Crippen molar-refractivity contribution in [2.24, 2.45) is 0 Å². The standard InChI is InChI=1S/C13H15NOS/c1-4-15-12-8-6-5-7-11(12)13-9(2)14-10(3)16-13/h5-8H,4H2,1-3H3. The minimum atomic E-state index is 0.688. The van der Waals surface area contributed by atoms with Crippen LogP contribution in [0.25, 0.3) is 10.4 Å². The fraction of sp³-hybridized carbons (Fsp3) is 0.308. The second kappa shape index (κ2) is 4.66. The van der Waals surface area contributed by atoms with Gasteiger partial charge in [0.2, 0.25) is 0 Å². The van der Waals surface area contributed by atoms with E-state index in [9.17, 15) is 0 Å². The monoisotopic (exact) mass is 233 g/mol. The highest BCUT2D eigenvalue weighted by atomic mass is 32.1. The molecule has 0 aliphatic heterocycles. The zero-order valence-electron chi connectivity index (χ0n) is 9.78. The van der Waals surface area contributed by atoms with Crippen molar-refractivity contribution < 1.29 is 4.74 Å². The predicted octanol–water partition coefficient (Wildman–Crippen LogP) is 3.83. The van der Waals surface area contributed by atoms with E-state index in [4.69, 9.17) is 4.74 Å². The van der Waals surface area contributed by atoms with Crippen LogP contribution in [-0.2, 0) is 0 Å². The highest BCUT2D eigenvalue weighted by molar-refractivity contribution is 7.15. The van der Waals surface area contributed by atoms with Crippen molar-refractivity contribution in [3.05, 3.63) is 35.0 Å². The number of aromatic nitrogens is 1. The summed E-state index contributed by atoms with van der Waals surface area (Å²) in [5.41, 5.74) is 2.22. The van der Waals surface area contributed by atoms with E-state index in [1.807, 2.05) is 39.0 Å². The molecule has 3 heteroatoms. The van der Waals surface area contributed by atoms with E-state index in [1.54, 1.807) is 11.3 Å². The molecule has 0 radical (unpaired) electrons. The van der Waals surface area contributed by atoms with Gasteiger partial charge in [0.25, 0.3) is 0 Å². The molecule has 0 aliphatic rings. The zero-order chi connectivity index (χ0) is 11.5. The highest BCUT2D eigenvalue weighted by Gasteiger charge is 2.11. The first-order valence-electron chi connectivity index (χ1n) is 5.38. The Morgan fingerprint density at radius 2 is 2.00 bits per heavy atom. The molecule has 1 aromatic carbocycles. The molecule has 1 heterocycles. The van der Waals surface area contributed by atoms with Gasteiger partial charge in [-0.15, -0.1) is 11.3 Å². The summed E-state index contributed by atoms with van der Waals surface area (Å²) in [6.07, 6.45) is 0. The van der Waals surface area contributed by atoms with Gasteiger partial charge in [0.1, 0.15) is 5.75 Å². The molecule has 0 amide bonds. The lowest BCUT2D eigenvalue weighted by Gasteiger charge is -2.08. The van der Waals surface area contributed by atoms with Gasteiger partial charge >= 0.3 is 0 Å². The van der Waals surface area contributed by atoms with Crippen molar-refractivity contribution in [3.63, 3.8) is 0 Å². The van der Waals surface area contributed by atoms with E-state index in [2.05, 4.69) is 11.1 Å². The number of aryl methyl sites for hydroxylation is 2. The fourth-order valence-electron chi connectivity index (χ4n) is 1.72. The van der Waals surface area contributed by atoms with Gasteiger partial charge in [-0.3, -0.25) is 0 Å². The van der Waals surface area contributed by atoms with Gasteiger partial charge in [-0.05, 0) is 32.9 Å². The average molecular weight is 233 g/mol. The lowest BCUT2D eigenvalue weighted by molar-refractivity contribution is 0.341. The number of nitrogens with zero attached hydrogens (tertiary/aromatic N) is 1. The number of ether oxygens (including phenoxy) is 1. The molecule has 84 valence electrons. The van der Waals surface area contributed by atoms with Crippen LogP contribution in [0.1, 0.15) is 17.6 Å². The summed E-state index contributed by atoms with van der Waals surface area (Å²) in [6.45, 7) is 6.77. The molecule has 0 saturated carbocycles. The molecule has 2 rings (SSSR count). The Labute approximate surface area is 99.9 Å². The quantitative estimate of drug-likeness (QED) is 0.804. The summed E-state index contributed by atoms with van der Waals surface area (Å²) in [7, 11) is 0. The van der Waals surface area contributed by atoms with Gasteiger partial charge in [0.05, 0.1) is 22.2 Å². The van der Waals surface area contributed by atoms with Crippen molar-refractivity contribution in [2.45, 2.75) is 20.8 Å². The number of rotatable bonds is 3. The topological polar surface area (TPSA) is 22.1 Å². The molecular weight excluding hydrogens is 218 g/mol. The fourth-order valence-corrected chi connectivity index (χ4v) is 2.67. The second-order valence-electron chi connectivity index (χ2n) is 3.58. The minimum Gasteiger partial charge on any atom is -0.493 e. The Hall–Kier alpha value is -1.35. The van der Waals surface area contributed by atoms with Gasteiger partial charge in [0, 0.05) is 5.56 Å². The van der Waals surface area contributed by atoms with Crippen molar-refractivity contribution >= 4 is 11.3 Å². The smallest absolute Gasteiger partial charge is 0.127 e. The van der Waals surface area contributed by atoms with E-state index in [1.165, 1.54) is 4.88 Å². The maximum atomic E-state index is 5.63. The van der Waals surface area contributed by atoms with E-state index < -0.39 is 0 Å². The van der Waals surface area contributed by atoms with Crippen LogP contribution < -0.4 is 4.74 Å². The first kappa shape index (κ1) is 11.1. The van der Waals surface area contributed by atoms with Crippen LogP contribution in [-0.4, -0.2) is 11.6 Å². The van der Waals surface area contributed by atoms with E-state index >= 15 is 0 Å². The molecule has 2 nitrogen and oxygen atoms in total. The Bertz CT molecular complexity index is 490. The minimum absolute atomic E-state index is 0.688. The third-order valence-electron chi connectivity index (χ3n) is 2.34. The van der Waals surface area contributed by atoms with Crippen LogP contribution in [0.4, 0.5) is 0 Å². The molecule has 0 aliphatic carbocycles. The summed E-state index contributed by atoms with van der Waals surface area (Å²) in [4.78, 5) is 5.66. The van der Waals surface area contributed by atoms with Crippen molar-refractivity contribution in [1.29, 1.82) is 0 Å². The lowest BCUT2D eigenvalue weighted by atomic mass is 10.1. The van der Waals surface area contributed by atoms with Gasteiger partial charge < -0.3 is 4.74 Å². The number of hydrogen-bond donors (Lipinski definition) is 0. The van der Waals surface area contributed by atoms with Crippen LogP contribution in [0, 0.1) is 13.8 Å². The van der Waals surface area contributed by atoms with Crippen LogP contribution >= 0.6 is 11.3 Å². The molecule has 0 atom stereocenters. The summed E-state index contributed by atoms with van der Waals surface area (Å²) in [6, 6.07) is 8.13. The maximum Gasteiger partial charge on any atom is 0.127 e. The Balaban J connectivity index is 2.50. The molecule has 2 aromatic rings. The van der Waals surface area contributed by atoms with E-state index in [0.717, 1.165) is 22.0 Å². The average Bonchev–Trinajstić information content (AvgIpc) is 2.59. The third-order valence-corrected chi connectivity index (χ3v) is 3.44. The van der Waals surface area contributed by atoms with Crippen molar-refractivity contribution in [1.82, 2.24) is 4.98 Å². The second-order valence-corrected chi connectivity index (χ2v) is 4.78. The molecule has 16 heavy (non-hydrogen) atoms. The third kappa shape index (κ3) is 2.09. The maximum absolute atomic E-state index is 5.63. The van der Waals surface area contributed by atoms with Crippen molar-refractivity contribution in [2.75, 3.05) is 6.61 Å². The number of thiazole rings is 1. The highest BCUT2D eigenvalue weighted by Crippen LogP contribution is 2.35. The number of para-hydroxylation sites is 1. The molecule has 0 spiro atoms. The summed E-state index contributed by atoms with van der Waals surface area (Å²) in [5.74, 6) is 0.941. The molecule has 1 aromatic heterocycles. The molecule has 0 saturated heterocycles. The lowest BCUT2D eigenvalue weighted by Crippen LogP contribution is -1.93. The van der Waals surface area contributed by atoms with Crippen LogP contribution in [0.15, 0.2) is 24.3 Å². The van der Waals surface area contributed by atoms with Gasteiger partial charge in [-0.1, -0.05) is 12.1 Å². The molecule has 0 fully saturated rings. The van der Waals surface area contributed by atoms with E-state index in [-0.39, 0.29) is 0 Å². The van der Waals surface area contributed by atoms with Crippen LogP contribution in [0.2, 0.25) is 0 Å². The van der Waals surface area contributed by atoms with E-state index in [0.29, 0.717) is 6.61 Å². The van der Waals surface area contributed by atoms with Crippen LogP contribution in [0.3, 0.4) is 0 Å². The summed E-state index contributed by atoms with van der Waals surface area (Å²) < 4.78 is 5.63. The molecular formula is C13H15NOS. The SMILES string of the molecule is CCOc1ccccc1-c1sc(C)nc1C. The first-order chi connectivity index (χ1) is 7.72. The normalized spacial score (nSPS) is 10.4. The zero-order valence-corrected chi connectivity index (χ0v) is 10.6. The first-order valence-corrected chi connectivity index (χ1v) is 6.20. The van der Waals surface area contributed by atoms with Crippen molar-refractivity contribution in [3.8, 4) is 16.2 Å². The Morgan fingerprint density at radius 3 is 2.62 bits per heavy atom. The van der Waals surface area contributed by atoms with Gasteiger partial charge in [-0.2, -0.15) is 0 Å². The number of hydrogen-bond acceptors (Lipinski definition) is 3. The summed E-state index contributed by atoms with van der Waals surface area (Å²) in [5, 5.41) is 1.10. The van der Waals surface area contributed by atoms with Gasteiger partial charge in [0.15, 0.2) is 0 Å². The largest absolute Gasteiger partial charge is 0.493 e. The van der Waals surface area contributed by atoms with Crippen LogP contribution in [0.5, 0.6) is 5.75 Å². The summed E-state index contributed by atoms with van der Waals surface area (Å²) >= 11 is 1.72. The molecule has 0 unspecified atom stereocenters. The number of benzene rings is 1.